The van der Waals surface area contributed by atoms with E-state index in [2.05, 4.69) is 5.32 Å². The first kappa shape index (κ1) is 21.5. The maximum atomic E-state index is 12.6. The number of benzene rings is 1. The van der Waals surface area contributed by atoms with Crippen molar-refractivity contribution in [3.8, 4) is 5.75 Å². The molecule has 0 saturated carbocycles. The van der Waals surface area contributed by atoms with Crippen LogP contribution in [0.1, 0.15) is 32.3 Å². The molecular formula is C22H26N2O6. The van der Waals surface area contributed by atoms with Crippen LogP contribution < -0.4 is 10.1 Å². The third-order valence-electron chi connectivity index (χ3n) is 5.56. The molecule has 0 unspecified atom stereocenters. The van der Waals surface area contributed by atoms with Crippen LogP contribution in [0.15, 0.2) is 36.4 Å². The van der Waals surface area contributed by atoms with Gasteiger partial charge in [0.05, 0.1) is 18.9 Å². The molecule has 3 rings (SSSR count). The topological polar surface area (TPSA) is 102 Å². The van der Waals surface area contributed by atoms with E-state index in [0.717, 1.165) is 10.5 Å². The Labute approximate surface area is 175 Å². The molecule has 0 aromatic heterocycles. The summed E-state index contributed by atoms with van der Waals surface area (Å²) in [6.45, 7) is 3.16. The van der Waals surface area contributed by atoms with Gasteiger partial charge in [-0.3, -0.25) is 19.3 Å². The third kappa shape index (κ3) is 4.37. The quantitative estimate of drug-likeness (QED) is 0.413. The Kier molecular flexibility index (Phi) is 6.54. The number of fused-ring (bicyclic) bond motifs is 1. The first-order valence-electron chi connectivity index (χ1n) is 9.96. The van der Waals surface area contributed by atoms with Crippen LogP contribution in [0.2, 0.25) is 0 Å². The van der Waals surface area contributed by atoms with E-state index < -0.39 is 35.9 Å². The van der Waals surface area contributed by atoms with E-state index in [4.69, 9.17) is 9.47 Å². The van der Waals surface area contributed by atoms with Gasteiger partial charge in [-0.1, -0.05) is 24.3 Å². The Morgan fingerprint density at radius 1 is 1.07 bits per heavy atom. The molecule has 0 radical (unpaired) electrons. The molecule has 1 aromatic rings. The molecule has 1 heterocycles. The predicted octanol–water partition coefficient (Wildman–Crippen LogP) is 1.58. The fraction of sp³-hybridized carbons (Fsp3) is 0.455. The van der Waals surface area contributed by atoms with Gasteiger partial charge < -0.3 is 14.8 Å². The average molecular weight is 414 g/mol. The molecule has 160 valence electrons. The summed E-state index contributed by atoms with van der Waals surface area (Å²) in [5.41, 5.74) is 0.862. The molecule has 3 amide bonds. The smallest absolute Gasteiger partial charge is 0.329 e. The SMILES string of the molecule is COc1ccc(CNC(=O)[C@@H](C)OC(=O)[C@H](C)N2C(=O)[C@H]3CC=CC[C@@H]3C2=O)cc1. The number of carbonyl (C=O) groups is 4. The molecule has 30 heavy (non-hydrogen) atoms. The first-order valence-corrected chi connectivity index (χ1v) is 9.96. The number of esters is 1. The second-order valence-corrected chi connectivity index (χ2v) is 7.52. The number of hydrogen-bond acceptors (Lipinski definition) is 6. The first-order chi connectivity index (χ1) is 14.3. The van der Waals surface area contributed by atoms with E-state index >= 15 is 0 Å². The highest BCUT2D eigenvalue weighted by Gasteiger charge is 2.50. The van der Waals surface area contributed by atoms with Crippen molar-refractivity contribution in [2.75, 3.05) is 7.11 Å². The van der Waals surface area contributed by atoms with E-state index in [1.54, 1.807) is 19.2 Å². The Morgan fingerprint density at radius 3 is 2.17 bits per heavy atom. The fourth-order valence-corrected chi connectivity index (χ4v) is 3.72. The molecule has 8 nitrogen and oxygen atoms in total. The zero-order valence-electron chi connectivity index (χ0n) is 17.3. The number of nitrogens with zero attached hydrogens (tertiary/aromatic N) is 1. The number of amides is 3. The van der Waals surface area contributed by atoms with Crippen molar-refractivity contribution in [3.63, 3.8) is 0 Å². The number of allylic oxidation sites excluding steroid dienone is 2. The van der Waals surface area contributed by atoms with Gasteiger partial charge in [0.1, 0.15) is 11.8 Å². The van der Waals surface area contributed by atoms with Gasteiger partial charge in [0.2, 0.25) is 11.8 Å². The van der Waals surface area contributed by atoms with Gasteiger partial charge in [-0.15, -0.1) is 0 Å². The zero-order valence-corrected chi connectivity index (χ0v) is 17.3. The molecule has 1 N–H and O–H groups in total. The van der Waals surface area contributed by atoms with Crippen LogP contribution in [-0.4, -0.2) is 47.8 Å². The molecule has 8 heteroatoms. The summed E-state index contributed by atoms with van der Waals surface area (Å²) < 4.78 is 10.3. The Balaban J connectivity index is 1.53. The predicted molar refractivity (Wildman–Crippen MR) is 107 cm³/mol. The number of likely N-dealkylation sites (tertiary alicyclic amines) is 1. The molecule has 2 aliphatic rings. The molecule has 4 atom stereocenters. The van der Waals surface area contributed by atoms with Crippen molar-refractivity contribution in [2.24, 2.45) is 11.8 Å². The Morgan fingerprint density at radius 2 is 1.63 bits per heavy atom. The molecule has 1 saturated heterocycles. The lowest BCUT2D eigenvalue weighted by Gasteiger charge is -2.23. The van der Waals surface area contributed by atoms with Crippen LogP contribution in [0.4, 0.5) is 0 Å². The van der Waals surface area contributed by atoms with Gasteiger partial charge in [0, 0.05) is 6.54 Å². The van der Waals surface area contributed by atoms with E-state index in [0.29, 0.717) is 18.6 Å². The van der Waals surface area contributed by atoms with Crippen molar-refractivity contribution in [1.82, 2.24) is 10.2 Å². The van der Waals surface area contributed by atoms with Crippen molar-refractivity contribution < 1.29 is 28.7 Å². The number of hydrogen-bond donors (Lipinski definition) is 1. The van der Waals surface area contributed by atoms with Gasteiger partial charge >= 0.3 is 5.97 Å². The molecule has 1 fully saturated rings. The van der Waals surface area contributed by atoms with Crippen molar-refractivity contribution >= 4 is 23.7 Å². The second-order valence-electron chi connectivity index (χ2n) is 7.52. The summed E-state index contributed by atoms with van der Waals surface area (Å²) in [7, 11) is 1.57. The number of ether oxygens (including phenoxy) is 2. The molecule has 0 spiro atoms. The lowest BCUT2D eigenvalue weighted by molar-refractivity contribution is -0.164. The standard InChI is InChI=1S/C22H26N2O6/c1-13(24-20(26)17-6-4-5-7-18(17)21(24)27)22(28)30-14(2)19(25)23-12-15-8-10-16(29-3)11-9-15/h4-5,8-11,13-14,17-18H,6-7,12H2,1-3H3,(H,23,25)/t13-,14+,17-,18-/m0/s1. The lowest BCUT2D eigenvalue weighted by atomic mass is 9.85. The zero-order chi connectivity index (χ0) is 21.8. The highest BCUT2D eigenvalue weighted by atomic mass is 16.5. The van der Waals surface area contributed by atoms with Crippen LogP contribution in [-0.2, 0) is 30.5 Å². The van der Waals surface area contributed by atoms with Gasteiger partial charge in [-0.2, -0.15) is 0 Å². The number of methoxy groups -OCH3 is 1. The summed E-state index contributed by atoms with van der Waals surface area (Å²) in [6.07, 6.45) is 3.70. The monoisotopic (exact) mass is 414 g/mol. The number of rotatable bonds is 7. The molecular weight excluding hydrogens is 388 g/mol. The minimum Gasteiger partial charge on any atom is -0.497 e. The van der Waals surface area contributed by atoms with E-state index in [1.807, 2.05) is 24.3 Å². The van der Waals surface area contributed by atoms with Crippen molar-refractivity contribution in [1.29, 1.82) is 0 Å². The lowest BCUT2D eigenvalue weighted by Crippen LogP contribution is -2.46. The minimum absolute atomic E-state index is 0.264. The highest BCUT2D eigenvalue weighted by Crippen LogP contribution is 2.36. The second kappa shape index (κ2) is 9.11. The van der Waals surface area contributed by atoms with Crippen LogP contribution in [0.3, 0.4) is 0 Å². The Hall–Kier alpha value is -3.16. The summed E-state index contributed by atoms with van der Waals surface area (Å²) in [5, 5.41) is 2.70. The molecule has 0 bridgehead atoms. The van der Waals surface area contributed by atoms with Gasteiger partial charge in [-0.05, 0) is 44.4 Å². The van der Waals surface area contributed by atoms with Crippen molar-refractivity contribution in [2.45, 2.75) is 45.4 Å². The van der Waals surface area contributed by atoms with Crippen LogP contribution in [0.25, 0.3) is 0 Å². The third-order valence-corrected chi connectivity index (χ3v) is 5.56. The molecule has 1 aromatic carbocycles. The van der Waals surface area contributed by atoms with Crippen molar-refractivity contribution in [3.05, 3.63) is 42.0 Å². The van der Waals surface area contributed by atoms with Gasteiger partial charge in [-0.25, -0.2) is 4.79 Å². The summed E-state index contributed by atoms with van der Waals surface area (Å²) in [6, 6.07) is 6.12. The van der Waals surface area contributed by atoms with Crippen LogP contribution in [0, 0.1) is 11.8 Å². The summed E-state index contributed by atoms with van der Waals surface area (Å²) in [4.78, 5) is 51.0. The number of nitrogens with one attached hydrogen (secondary N) is 1. The molecule has 1 aliphatic carbocycles. The van der Waals surface area contributed by atoms with E-state index in [1.165, 1.54) is 13.8 Å². The van der Waals surface area contributed by atoms with Gasteiger partial charge in [0.25, 0.3) is 5.91 Å². The fourth-order valence-electron chi connectivity index (χ4n) is 3.72. The number of imide groups is 1. The minimum atomic E-state index is -1.08. The van der Waals surface area contributed by atoms with E-state index in [-0.39, 0.29) is 18.4 Å². The Bertz CT molecular complexity index is 837. The van der Waals surface area contributed by atoms with Crippen LogP contribution in [0.5, 0.6) is 5.75 Å². The summed E-state index contributed by atoms with van der Waals surface area (Å²) in [5.74, 6) is -2.07. The maximum Gasteiger partial charge on any atom is 0.329 e. The normalized spacial score (nSPS) is 22.3. The average Bonchev–Trinajstić information content (AvgIpc) is 3.02. The maximum absolute atomic E-state index is 12.6. The largest absolute Gasteiger partial charge is 0.497 e. The van der Waals surface area contributed by atoms with Gasteiger partial charge in [0.15, 0.2) is 6.10 Å². The molecule has 1 aliphatic heterocycles. The van der Waals surface area contributed by atoms with Crippen LogP contribution >= 0.6 is 0 Å². The number of carbonyl (C=O) groups excluding carboxylic acids is 4. The van der Waals surface area contributed by atoms with E-state index in [9.17, 15) is 19.2 Å². The highest BCUT2D eigenvalue weighted by molar-refractivity contribution is 6.08. The summed E-state index contributed by atoms with van der Waals surface area (Å²) >= 11 is 0.